The molecule has 0 aliphatic carbocycles. The quantitative estimate of drug-likeness (QED) is 0.263. The molecular formula is C20H19BrF5NO2S. The average Bonchev–Trinajstić information content (AvgIpc) is 2.65. The van der Waals surface area contributed by atoms with E-state index in [1.807, 2.05) is 0 Å². The van der Waals surface area contributed by atoms with Gasteiger partial charge in [0.05, 0.1) is 17.9 Å². The lowest BCUT2D eigenvalue weighted by atomic mass is 9.87. The molecular weight excluding hydrogens is 493 g/mol. The van der Waals surface area contributed by atoms with Crippen LogP contribution in [0.5, 0.6) is 0 Å². The first kappa shape index (κ1) is 24.6. The van der Waals surface area contributed by atoms with Gasteiger partial charge in [0, 0.05) is 10.0 Å². The Kier molecular flexibility index (Phi) is 7.90. The Balaban J connectivity index is 2.97. The standard InChI is InChI=1S/C20H19BrF5NO2S/c1-9(2)8-12-13(19(28)29-3)15(18(22)23)27-17(20(24,25)26)14(12)16(30)10-4-6-11(21)7-5-10/h4-7,9,16,18,30H,8H2,1-3H3. The van der Waals surface area contributed by atoms with Gasteiger partial charge in [-0.15, -0.1) is 0 Å². The van der Waals surface area contributed by atoms with Crippen LogP contribution in [0, 0.1) is 5.92 Å². The fourth-order valence-electron chi connectivity index (χ4n) is 3.10. The molecule has 1 heterocycles. The van der Waals surface area contributed by atoms with Crippen LogP contribution in [0.15, 0.2) is 28.7 Å². The lowest BCUT2D eigenvalue weighted by Crippen LogP contribution is -2.23. The molecule has 1 unspecified atom stereocenters. The molecule has 0 radical (unpaired) electrons. The van der Waals surface area contributed by atoms with Crippen LogP contribution in [0.25, 0.3) is 0 Å². The number of carbonyl (C=O) groups is 1. The molecule has 1 aromatic heterocycles. The lowest BCUT2D eigenvalue weighted by molar-refractivity contribution is -0.142. The second-order valence-corrected chi connectivity index (χ2v) is 8.39. The Morgan fingerprint density at radius 3 is 2.20 bits per heavy atom. The number of methoxy groups -OCH3 is 1. The first-order valence-electron chi connectivity index (χ1n) is 8.82. The zero-order valence-corrected chi connectivity index (χ0v) is 18.7. The first-order chi connectivity index (χ1) is 13.9. The maximum absolute atomic E-state index is 13.9. The fourth-order valence-corrected chi connectivity index (χ4v) is 3.81. The Morgan fingerprint density at radius 2 is 1.77 bits per heavy atom. The van der Waals surface area contributed by atoms with Crippen LogP contribution < -0.4 is 0 Å². The molecule has 0 amide bonds. The van der Waals surface area contributed by atoms with E-state index in [0.29, 0.717) is 10.0 Å². The van der Waals surface area contributed by atoms with E-state index in [2.05, 4.69) is 38.3 Å². The van der Waals surface area contributed by atoms with E-state index in [1.54, 1.807) is 38.1 Å². The van der Waals surface area contributed by atoms with Crippen LogP contribution in [-0.2, 0) is 17.3 Å². The number of hydrogen-bond acceptors (Lipinski definition) is 4. The topological polar surface area (TPSA) is 39.2 Å². The Bertz CT molecular complexity index is 917. The molecule has 0 fully saturated rings. The van der Waals surface area contributed by atoms with Gasteiger partial charge in [-0.25, -0.2) is 18.6 Å². The zero-order chi connectivity index (χ0) is 22.8. The van der Waals surface area contributed by atoms with E-state index in [4.69, 9.17) is 0 Å². The van der Waals surface area contributed by atoms with Crippen molar-refractivity contribution in [1.29, 1.82) is 0 Å². The van der Waals surface area contributed by atoms with Crippen LogP contribution in [0.3, 0.4) is 0 Å². The van der Waals surface area contributed by atoms with Crippen molar-refractivity contribution in [3.8, 4) is 0 Å². The molecule has 10 heteroatoms. The molecule has 0 bridgehead atoms. The minimum absolute atomic E-state index is 0.0708. The second-order valence-electron chi connectivity index (χ2n) is 6.95. The number of benzene rings is 1. The van der Waals surface area contributed by atoms with E-state index in [-0.39, 0.29) is 17.9 Å². The molecule has 3 nitrogen and oxygen atoms in total. The van der Waals surface area contributed by atoms with E-state index < -0.39 is 46.3 Å². The highest BCUT2D eigenvalue weighted by atomic mass is 79.9. The van der Waals surface area contributed by atoms with Crippen molar-refractivity contribution in [2.75, 3.05) is 7.11 Å². The summed E-state index contributed by atoms with van der Waals surface area (Å²) in [5.41, 5.74) is -3.59. The number of carbonyl (C=O) groups excluding carboxylic acids is 1. The van der Waals surface area contributed by atoms with E-state index >= 15 is 0 Å². The summed E-state index contributed by atoms with van der Waals surface area (Å²) in [6, 6.07) is 6.35. The van der Waals surface area contributed by atoms with Crippen LogP contribution >= 0.6 is 28.6 Å². The maximum atomic E-state index is 13.9. The van der Waals surface area contributed by atoms with Gasteiger partial charge in [-0.2, -0.15) is 25.8 Å². The highest BCUT2D eigenvalue weighted by molar-refractivity contribution is 9.10. The summed E-state index contributed by atoms with van der Waals surface area (Å²) < 4.78 is 74.3. The molecule has 0 aliphatic heterocycles. The largest absolute Gasteiger partial charge is 0.465 e. The summed E-state index contributed by atoms with van der Waals surface area (Å²) in [6.45, 7) is 3.40. The second kappa shape index (κ2) is 9.64. The van der Waals surface area contributed by atoms with Crippen molar-refractivity contribution in [2.45, 2.75) is 38.1 Å². The van der Waals surface area contributed by atoms with Crippen molar-refractivity contribution >= 4 is 34.5 Å². The fraction of sp³-hybridized carbons (Fsp3) is 0.400. The SMILES string of the molecule is COC(=O)c1c(C(F)F)nc(C(F)(F)F)c(C(S)c2ccc(Br)cc2)c1CC(C)C. The number of thiol groups is 1. The Hall–Kier alpha value is -1.68. The van der Waals surface area contributed by atoms with Crippen molar-refractivity contribution < 1.29 is 31.5 Å². The normalized spacial score (nSPS) is 13.1. The third-order valence-electron chi connectivity index (χ3n) is 4.31. The number of aromatic nitrogens is 1. The molecule has 30 heavy (non-hydrogen) atoms. The molecule has 2 rings (SSSR count). The minimum atomic E-state index is -5.03. The third-order valence-corrected chi connectivity index (χ3v) is 5.39. The van der Waals surface area contributed by atoms with Gasteiger partial charge in [-0.05, 0) is 35.6 Å². The average molecular weight is 512 g/mol. The first-order valence-corrected chi connectivity index (χ1v) is 10.1. The number of pyridine rings is 1. The predicted molar refractivity (Wildman–Crippen MR) is 109 cm³/mol. The monoisotopic (exact) mass is 511 g/mol. The summed E-state index contributed by atoms with van der Waals surface area (Å²) in [4.78, 5) is 15.6. The van der Waals surface area contributed by atoms with Gasteiger partial charge in [0.2, 0.25) is 0 Å². The van der Waals surface area contributed by atoms with Gasteiger partial charge in [0.25, 0.3) is 6.43 Å². The summed E-state index contributed by atoms with van der Waals surface area (Å²) in [5, 5.41) is -1.16. The number of hydrogen-bond donors (Lipinski definition) is 1. The van der Waals surface area contributed by atoms with E-state index in [1.165, 1.54) is 0 Å². The molecule has 0 saturated heterocycles. The number of rotatable bonds is 6. The van der Waals surface area contributed by atoms with Gasteiger partial charge < -0.3 is 4.74 Å². The number of ether oxygens (including phenoxy) is 1. The van der Waals surface area contributed by atoms with Crippen molar-refractivity contribution in [2.24, 2.45) is 5.92 Å². The van der Waals surface area contributed by atoms with Gasteiger partial charge >= 0.3 is 12.1 Å². The number of nitrogens with zero attached hydrogens (tertiary/aromatic N) is 1. The highest BCUT2D eigenvalue weighted by Crippen LogP contribution is 2.44. The number of halogens is 6. The zero-order valence-electron chi connectivity index (χ0n) is 16.2. The number of esters is 1. The maximum Gasteiger partial charge on any atom is 0.433 e. The molecule has 2 aromatic rings. The smallest absolute Gasteiger partial charge is 0.433 e. The summed E-state index contributed by atoms with van der Waals surface area (Å²) in [6.07, 6.45) is -8.50. The molecule has 0 N–H and O–H groups in total. The lowest BCUT2D eigenvalue weighted by Gasteiger charge is -2.25. The Morgan fingerprint density at radius 1 is 1.20 bits per heavy atom. The molecule has 0 spiro atoms. The van der Waals surface area contributed by atoms with Crippen LogP contribution in [0.2, 0.25) is 0 Å². The predicted octanol–water partition coefficient (Wildman–Crippen LogP) is 6.80. The van der Waals surface area contributed by atoms with Crippen LogP contribution in [0.1, 0.15) is 64.0 Å². The summed E-state index contributed by atoms with van der Waals surface area (Å²) in [5.74, 6) is -1.41. The Labute approximate surface area is 184 Å². The molecule has 1 aromatic carbocycles. The van der Waals surface area contributed by atoms with Gasteiger partial charge in [-0.3, -0.25) is 0 Å². The van der Waals surface area contributed by atoms with Crippen molar-refractivity contribution in [3.05, 3.63) is 62.4 Å². The van der Waals surface area contributed by atoms with Gasteiger partial charge in [-0.1, -0.05) is 41.9 Å². The van der Waals surface area contributed by atoms with E-state index in [9.17, 15) is 26.7 Å². The molecule has 0 aliphatic rings. The van der Waals surface area contributed by atoms with Crippen molar-refractivity contribution in [1.82, 2.24) is 4.98 Å². The minimum Gasteiger partial charge on any atom is -0.465 e. The highest BCUT2D eigenvalue weighted by Gasteiger charge is 2.42. The van der Waals surface area contributed by atoms with Crippen LogP contribution in [-0.4, -0.2) is 18.1 Å². The molecule has 164 valence electrons. The van der Waals surface area contributed by atoms with Gasteiger partial charge in [0.1, 0.15) is 11.4 Å². The summed E-state index contributed by atoms with van der Waals surface area (Å²) >= 11 is 7.62. The van der Waals surface area contributed by atoms with Gasteiger partial charge in [0.15, 0.2) is 0 Å². The summed E-state index contributed by atoms with van der Waals surface area (Å²) in [7, 11) is 0.973. The van der Waals surface area contributed by atoms with E-state index in [0.717, 1.165) is 7.11 Å². The molecule has 1 atom stereocenters. The van der Waals surface area contributed by atoms with Crippen molar-refractivity contribution in [3.63, 3.8) is 0 Å². The third kappa shape index (κ3) is 5.32. The molecule has 0 saturated carbocycles. The van der Waals surface area contributed by atoms with Crippen LogP contribution in [0.4, 0.5) is 22.0 Å². The number of alkyl halides is 5.